The second-order valence-corrected chi connectivity index (χ2v) is 5.01. The van der Waals surface area contributed by atoms with Gasteiger partial charge < -0.3 is 5.73 Å². The summed E-state index contributed by atoms with van der Waals surface area (Å²) in [6, 6.07) is 6.33. The molecule has 0 saturated heterocycles. The minimum absolute atomic E-state index is 0.131. The van der Waals surface area contributed by atoms with Crippen molar-refractivity contribution in [2.45, 2.75) is 30.7 Å². The SMILES string of the molecule is CCCC(N)c1ccccc1S(N)(=O)=O. The van der Waals surface area contributed by atoms with E-state index in [1.165, 1.54) is 6.07 Å². The van der Waals surface area contributed by atoms with E-state index in [-0.39, 0.29) is 10.9 Å². The number of primary sulfonamides is 1. The lowest BCUT2D eigenvalue weighted by atomic mass is 10.0. The van der Waals surface area contributed by atoms with E-state index >= 15 is 0 Å². The first-order valence-electron chi connectivity index (χ1n) is 4.84. The van der Waals surface area contributed by atoms with Gasteiger partial charge in [-0.25, -0.2) is 13.6 Å². The zero-order valence-electron chi connectivity index (χ0n) is 8.68. The number of hydrogen-bond donors (Lipinski definition) is 2. The van der Waals surface area contributed by atoms with Crippen LogP contribution in [-0.4, -0.2) is 8.42 Å². The van der Waals surface area contributed by atoms with Crippen LogP contribution in [0.25, 0.3) is 0 Å². The third kappa shape index (κ3) is 3.02. The van der Waals surface area contributed by atoms with Gasteiger partial charge >= 0.3 is 0 Å². The molecule has 1 aromatic carbocycles. The summed E-state index contributed by atoms with van der Waals surface area (Å²) in [6.07, 6.45) is 1.65. The number of rotatable bonds is 4. The van der Waals surface area contributed by atoms with Gasteiger partial charge in [-0.15, -0.1) is 0 Å². The van der Waals surface area contributed by atoms with Crippen molar-refractivity contribution < 1.29 is 8.42 Å². The molecule has 0 amide bonds. The van der Waals surface area contributed by atoms with Crippen LogP contribution in [0.2, 0.25) is 0 Å². The zero-order valence-corrected chi connectivity index (χ0v) is 9.50. The molecule has 4 nitrogen and oxygen atoms in total. The van der Waals surface area contributed by atoms with Crippen LogP contribution >= 0.6 is 0 Å². The minimum Gasteiger partial charge on any atom is -0.324 e. The van der Waals surface area contributed by atoms with Gasteiger partial charge in [0.05, 0.1) is 4.90 Å². The van der Waals surface area contributed by atoms with Crippen LogP contribution in [0.4, 0.5) is 0 Å². The highest BCUT2D eigenvalue weighted by Gasteiger charge is 2.17. The monoisotopic (exact) mass is 228 g/mol. The maximum absolute atomic E-state index is 11.3. The Kier molecular flexibility index (Phi) is 3.84. The van der Waals surface area contributed by atoms with Crippen molar-refractivity contribution in [3.63, 3.8) is 0 Å². The summed E-state index contributed by atoms with van der Waals surface area (Å²) in [5.41, 5.74) is 6.48. The van der Waals surface area contributed by atoms with Crippen LogP contribution in [0, 0.1) is 0 Å². The van der Waals surface area contributed by atoms with Crippen molar-refractivity contribution in [3.05, 3.63) is 29.8 Å². The molecule has 1 unspecified atom stereocenters. The largest absolute Gasteiger partial charge is 0.324 e. The standard InChI is InChI=1S/C10H16N2O2S/c1-2-5-9(11)8-6-3-4-7-10(8)15(12,13)14/h3-4,6-7,9H,2,5,11H2,1H3,(H2,12,13,14). The van der Waals surface area contributed by atoms with Gasteiger partial charge in [0.2, 0.25) is 10.0 Å². The second kappa shape index (κ2) is 4.74. The fourth-order valence-electron chi connectivity index (χ4n) is 1.51. The molecule has 5 heteroatoms. The van der Waals surface area contributed by atoms with Crippen molar-refractivity contribution in [2.24, 2.45) is 10.9 Å². The average molecular weight is 228 g/mol. The van der Waals surface area contributed by atoms with Gasteiger partial charge in [0.25, 0.3) is 0 Å². The summed E-state index contributed by atoms with van der Waals surface area (Å²) in [5.74, 6) is 0. The van der Waals surface area contributed by atoms with Gasteiger partial charge in [-0.1, -0.05) is 31.5 Å². The number of nitrogens with two attached hydrogens (primary N) is 2. The Bertz CT molecular complexity index is 429. The van der Waals surface area contributed by atoms with Crippen LogP contribution in [0.1, 0.15) is 31.4 Å². The Balaban J connectivity index is 3.18. The fraction of sp³-hybridized carbons (Fsp3) is 0.400. The Morgan fingerprint density at radius 2 is 1.93 bits per heavy atom. The number of benzene rings is 1. The van der Waals surface area contributed by atoms with Crippen LogP contribution in [0.5, 0.6) is 0 Å². The molecule has 0 aromatic heterocycles. The Hall–Kier alpha value is -0.910. The van der Waals surface area contributed by atoms with Crippen molar-refractivity contribution in [3.8, 4) is 0 Å². The van der Waals surface area contributed by atoms with E-state index in [1.807, 2.05) is 6.92 Å². The molecule has 84 valence electrons. The Labute approximate surface area is 90.3 Å². The summed E-state index contributed by atoms with van der Waals surface area (Å²) < 4.78 is 22.6. The molecule has 0 heterocycles. The van der Waals surface area contributed by atoms with Crippen LogP contribution in [0.15, 0.2) is 29.2 Å². The summed E-state index contributed by atoms with van der Waals surface area (Å²) in [7, 11) is -3.68. The lowest BCUT2D eigenvalue weighted by molar-refractivity contribution is 0.587. The number of hydrogen-bond acceptors (Lipinski definition) is 3. The van der Waals surface area contributed by atoms with Crippen LogP contribution < -0.4 is 10.9 Å². The summed E-state index contributed by atoms with van der Waals surface area (Å²) in [6.45, 7) is 2.00. The van der Waals surface area contributed by atoms with E-state index < -0.39 is 10.0 Å². The number of sulfonamides is 1. The molecule has 0 spiro atoms. The van der Waals surface area contributed by atoms with Crippen molar-refractivity contribution >= 4 is 10.0 Å². The molecule has 0 bridgehead atoms. The second-order valence-electron chi connectivity index (χ2n) is 3.48. The summed E-state index contributed by atoms with van der Waals surface area (Å²) in [5, 5.41) is 5.11. The van der Waals surface area contributed by atoms with Gasteiger partial charge in [-0.3, -0.25) is 0 Å². The maximum Gasteiger partial charge on any atom is 0.238 e. The molecule has 0 radical (unpaired) electrons. The van der Waals surface area contributed by atoms with E-state index in [4.69, 9.17) is 10.9 Å². The summed E-state index contributed by atoms with van der Waals surface area (Å²) in [4.78, 5) is 0.131. The molecule has 4 N–H and O–H groups in total. The van der Waals surface area contributed by atoms with Crippen molar-refractivity contribution in [2.75, 3.05) is 0 Å². The lowest BCUT2D eigenvalue weighted by Gasteiger charge is -2.14. The third-order valence-electron chi connectivity index (χ3n) is 2.22. The molecular weight excluding hydrogens is 212 g/mol. The molecule has 1 atom stereocenters. The maximum atomic E-state index is 11.3. The van der Waals surface area contributed by atoms with Crippen LogP contribution in [0.3, 0.4) is 0 Å². The van der Waals surface area contributed by atoms with Gasteiger partial charge in [0.1, 0.15) is 0 Å². The average Bonchev–Trinajstić information content (AvgIpc) is 2.17. The van der Waals surface area contributed by atoms with Crippen molar-refractivity contribution in [1.29, 1.82) is 0 Å². The lowest BCUT2D eigenvalue weighted by Crippen LogP contribution is -2.19. The molecule has 0 aliphatic rings. The molecule has 0 aliphatic heterocycles. The van der Waals surface area contributed by atoms with Gasteiger partial charge in [0, 0.05) is 6.04 Å². The topological polar surface area (TPSA) is 86.2 Å². The smallest absolute Gasteiger partial charge is 0.238 e. The van der Waals surface area contributed by atoms with Gasteiger partial charge in [0.15, 0.2) is 0 Å². The normalized spacial score (nSPS) is 13.8. The molecule has 15 heavy (non-hydrogen) atoms. The van der Waals surface area contributed by atoms with E-state index in [9.17, 15) is 8.42 Å². The molecule has 1 aromatic rings. The first-order valence-corrected chi connectivity index (χ1v) is 6.38. The van der Waals surface area contributed by atoms with E-state index in [2.05, 4.69) is 0 Å². The van der Waals surface area contributed by atoms with E-state index in [1.54, 1.807) is 18.2 Å². The molecular formula is C10H16N2O2S. The fourth-order valence-corrected chi connectivity index (χ4v) is 2.33. The van der Waals surface area contributed by atoms with Gasteiger partial charge in [-0.2, -0.15) is 0 Å². The highest BCUT2D eigenvalue weighted by molar-refractivity contribution is 7.89. The zero-order chi connectivity index (χ0) is 11.5. The molecule has 0 aliphatic carbocycles. The molecule has 1 rings (SSSR count). The predicted molar refractivity (Wildman–Crippen MR) is 59.7 cm³/mol. The summed E-state index contributed by atoms with van der Waals surface area (Å²) >= 11 is 0. The quantitative estimate of drug-likeness (QED) is 0.810. The van der Waals surface area contributed by atoms with E-state index in [0.29, 0.717) is 5.56 Å². The Morgan fingerprint density at radius 1 is 1.33 bits per heavy atom. The van der Waals surface area contributed by atoms with Crippen molar-refractivity contribution in [1.82, 2.24) is 0 Å². The minimum atomic E-state index is -3.68. The molecule has 0 saturated carbocycles. The Morgan fingerprint density at radius 3 is 2.47 bits per heavy atom. The highest BCUT2D eigenvalue weighted by Crippen LogP contribution is 2.22. The first-order chi connectivity index (χ1) is 6.96. The predicted octanol–water partition coefficient (Wildman–Crippen LogP) is 1.13. The van der Waals surface area contributed by atoms with E-state index in [0.717, 1.165) is 12.8 Å². The molecule has 0 fully saturated rings. The first kappa shape index (κ1) is 12.2. The van der Waals surface area contributed by atoms with Crippen LogP contribution in [-0.2, 0) is 10.0 Å². The van der Waals surface area contributed by atoms with Gasteiger partial charge in [-0.05, 0) is 18.1 Å². The highest BCUT2D eigenvalue weighted by atomic mass is 32.2. The third-order valence-corrected chi connectivity index (χ3v) is 3.21.